The van der Waals surface area contributed by atoms with Crippen LogP contribution < -0.4 is 0 Å². The number of carbonyl (C=O) groups excluding carboxylic acids is 1. The van der Waals surface area contributed by atoms with E-state index in [9.17, 15) is 9.90 Å². The number of hydrogen-bond donors (Lipinski definition) is 1. The number of unbranched alkanes of at least 4 members (excludes halogenated alkanes) is 1. The largest absolute Gasteiger partial charge is 0.463 e. The molecular formula is C17H20O4. The Bertz CT molecular complexity index is 559. The van der Waals surface area contributed by atoms with Gasteiger partial charge in [-0.2, -0.15) is 0 Å². The highest BCUT2D eigenvalue weighted by atomic mass is 16.5. The molecule has 4 heteroatoms. The molecule has 2 rings (SSSR count). The van der Waals surface area contributed by atoms with E-state index < -0.39 is 12.1 Å². The van der Waals surface area contributed by atoms with Crippen LogP contribution in [0.25, 0.3) is 0 Å². The summed E-state index contributed by atoms with van der Waals surface area (Å²) in [6.45, 7) is 2.33. The zero-order valence-electron chi connectivity index (χ0n) is 12.1. The molecule has 0 radical (unpaired) electrons. The lowest BCUT2D eigenvalue weighted by atomic mass is 10.1. The molecular weight excluding hydrogens is 268 g/mol. The summed E-state index contributed by atoms with van der Waals surface area (Å²) in [7, 11) is 0. The van der Waals surface area contributed by atoms with Crippen molar-refractivity contribution >= 4 is 5.97 Å². The van der Waals surface area contributed by atoms with E-state index in [0.717, 1.165) is 18.4 Å². The van der Waals surface area contributed by atoms with E-state index in [1.54, 1.807) is 12.1 Å². The van der Waals surface area contributed by atoms with Gasteiger partial charge in [0.15, 0.2) is 0 Å². The molecule has 0 aliphatic carbocycles. The standard InChI is InChI=1S/C17H20O4/c1-2-3-11-20-17(19)16(18)15-10-9-14(21-15)12-13-7-5-4-6-8-13/h4-10,16,18H,2-3,11-12H2,1H3/t16-/m1/s1. The number of carbonyl (C=O) groups is 1. The molecule has 4 nitrogen and oxygen atoms in total. The quantitative estimate of drug-likeness (QED) is 0.627. The molecule has 112 valence electrons. The Morgan fingerprint density at radius 2 is 2.00 bits per heavy atom. The van der Waals surface area contributed by atoms with Crippen molar-refractivity contribution in [2.45, 2.75) is 32.3 Å². The second-order valence-corrected chi connectivity index (χ2v) is 4.89. The number of aliphatic hydroxyl groups is 1. The normalized spacial score (nSPS) is 12.1. The number of ether oxygens (including phenoxy) is 1. The summed E-state index contributed by atoms with van der Waals surface area (Å²) in [5.41, 5.74) is 1.11. The minimum Gasteiger partial charge on any atom is -0.463 e. The minimum absolute atomic E-state index is 0.224. The van der Waals surface area contributed by atoms with Crippen molar-refractivity contribution in [1.29, 1.82) is 0 Å². The highest BCUT2D eigenvalue weighted by Gasteiger charge is 2.22. The van der Waals surface area contributed by atoms with Gasteiger partial charge in [0.25, 0.3) is 0 Å². The van der Waals surface area contributed by atoms with Gasteiger partial charge in [-0.3, -0.25) is 0 Å². The number of furan rings is 1. The molecule has 0 bridgehead atoms. The van der Waals surface area contributed by atoms with E-state index >= 15 is 0 Å². The molecule has 0 spiro atoms. The summed E-state index contributed by atoms with van der Waals surface area (Å²) >= 11 is 0. The molecule has 21 heavy (non-hydrogen) atoms. The van der Waals surface area contributed by atoms with Gasteiger partial charge in [0.05, 0.1) is 6.61 Å². The number of aliphatic hydroxyl groups excluding tert-OH is 1. The Hall–Kier alpha value is -2.07. The fourth-order valence-electron chi connectivity index (χ4n) is 1.95. The Morgan fingerprint density at radius 3 is 2.71 bits per heavy atom. The van der Waals surface area contributed by atoms with E-state index in [0.29, 0.717) is 18.8 Å². The Kier molecular flexibility index (Phi) is 5.58. The van der Waals surface area contributed by atoms with Gasteiger partial charge in [-0.25, -0.2) is 4.79 Å². The zero-order valence-corrected chi connectivity index (χ0v) is 12.1. The van der Waals surface area contributed by atoms with Gasteiger partial charge in [-0.15, -0.1) is 0 Å². The molecule has 1 aromatic heterocycles. The Labute approximate surface area is 124 Å². The number of benzene rings is 1. The molecule has 0 saturated heterocycles. The second kappa shape index (κ2) is 7.64. The van der Waals surface area contributed by atoms with E-state index in [1.165, 1.54) is 0 Å². The summed E-state index contributed by atoms with van der Waals surface area (Å²) in [6.07, 6.45) is 0.992. The van der Waals surface area contributed by atoms with Gasteiger partial charge in [0.2, 0.25) is 6.10 Å². The molecule has 0 fully saturated rings. The van der Waals surface area contributed by atoms with Crippen molar-refractivity contribution in [2.75, 3.05) is 6.61 Å². The average Bonchev–Trinajstić information content (AvgIpc) is 2.96. The van der Waals surface area contributed by atoms with Gasteiger partial charge in [0.1, 0.15) is 11.5 Å². The first-order valence-electron chi connectivity index (χ1n) is 7.18. The van der Waals surface area contributed by atoms with Crippen LogP contribution in [-0.2, 0) is 16.0 Å². The van der Waals surface area contributed by atoms with Crippen LogP contribution in [0.2, 0.25) is 0 Å². The molecule has 1 N–H and O–H groups in total. The zero-order chi connectivity index (χ0) is 15.1. The van der Waals surface area contributed by atoms with Crippen LogP contribution in [0.1, 0.15) is 43.0 Å². The van der Waals surface area contributed by atoms with Gasteiger partial charge in [-0.05, 0) is 24.1 Å². The molecule has 1 aromatic carbocycles. The third kappa shape index (κ3) is 4.46. The molecule has 2 aromatic rings. The van der Waals surface area contributed by atoms with Crippen LogP contribution in [0.15, 0.2) is 46.9 Å². The van der Waals surface area contributed by atoms with Gasteiger partial charge < -0.3 is 14.3 Å². The molecule has 0 unspecified atom stereocenters. The highest BCUT2D eigenvalue weighted by molar-refractivity contribution is 5.75. The minimum atomic E-state index is -1.36. The lowest BCUT2D eigenvalue weighted by Gasteiger charge is -2.08. The fourth-order valence-corrected chi connectivity index (χ4v) is 1.95. The van der Waals surface area contributed by atoms with Crippen molar-refractivity contribution < 1.29 is 19.1 Å². The van der Waals surface area contributed by atoms with Crippen molar-refractivity contribution in [2.24, 2.45) is 0 Å². The molecule has 0 aliphatic heterocycles. The molecule has 0 aliphatic rings. The maximum Gasteiger partial charge on any atom is 0.342 e. The van der Waals surface area contributed by atoms with Crippen LogP contribution in [0.4, 0.5) is 0 Å². The van der Waals surface area contributed by atoms with E-state index in [4.69, 9.17) is 9.15 Å². The van der Waals surface area contributed by atoms with Crippen LogP contribution >= 0.6 is 0 Å². The maximum absolute atomic E-state index is 11.7. The van der Waals surface area contributed by atoms with E-state index in [1.807, 2.05) is 37.3 Å². The first kappa shape index (κ1) is 15.3. The van der Waals surface area contributed by atoms with Crippen molar-refractivity contribution in [3.05, 3.63) is 59.5 Å². The van der Waals surface area contributed by atoms with Crippen molar-refractivity contribution in [3.8, 4) is 0 Å². The molecule has 0 saturated carbocycles. The predicted octanol–water partition coefficient (Wildman–Crippen LogP) is 3.25. The average molecular weight is 288 g/mol. The molecule has 1 heterocycles. The first-order valence-corrected chi connectivity index (χ1v) is 7.18. The van der Waals surface area contributed by atoms with Crippen molar-refractivity contribution in [1.82, 2.24) is 0 Å². The van der Waals surface area contributed by atoms with Gasteiger partial charge >= 0.3 is 5.97 Å². The highest BCUT2D eigenvalue weighted by Crippen LogP contribution is 2.20. The molecule has 0 amide bonds. The number of hydrogen-bond acceptors (Lipinski definition) is 4. The summed E-state index contributed by atoms with van der Waals surface area (Å²) in [4.78, 5) is 11.7. The van der Waals surface area contributed by atoms with E-state index in [-0.39, 0.29) is 5.76 Å². The SMILES string of the molecule is CCCCOC(=O)[C@H](O)c1ccc(Cc2ccccc2)o1. The van der Waals surface area contributed by atoms with Crippen LogP contribution in [0.3, 0.4) is 0 Å². The smallest absolute Gasteiger partial charge is 0.342 e. The van der Waals surface area contributed by atoms with Gasteiger partial charge in [-0.1, -0.05) is 43.7 Å². The summed E-state index contributed by atoms with van der Waals surface area (Å²) in [5, 5.41) is 9.90. The monoisotopic (exact) mass is 288 g/mol. The second-order valence-electron chi connectivity index (χ2n) is 4.89. The van der Waals surface area contributed by atoms with Crippen LogP contribution in [0, 0.1) is 0 Å². The third-order valence-corrected chi connectivity index (χ3v) is 3.14. The van der Waals surface area contributed by atoms with Crippen molar-refractivity contribution in [3.63, 3.8) is 0 Å². The lowest BCUT2D eigenvalue weighted by Crippen LogP contribution is -2.15. The Balaban J connectivity index is 1.94. The maximum atomic E-state index is 11.7. The predicted molar refractivity (Wildman–Crippen MR) is 78.8 cm³/mol. The third-order valence-electron chi connectivity index (χ3n) is 3.14. The first-order chi connectivity index (χ1) is 10.2. The topological polar surface area (TPSA) is 59.7 Å². The summed E-state index contributed by atoms with van der Waals surface area (Å²) < 4.78 is 10.5. The molecule has 1 atom stereocenters. The lowest BCUT2D eigenvalue weighted by molar-refractivity contribution is -0.155. The number of rotatable bonds is 7. The Morgan fingerprint density at radius 1 is 1.24 bits per heavy atom. The van der Waals surface area contributed by atoms with Crippen LogP contribution in [0.5, 0.6) is 0 Å². The summed E-state index contributed by atoms with van der Waals surface area (Å²) in [5.74, 6) is 0.267. The van der Waals surface area contributed by atoms with Gasteiger partial charge in [0, 0.05) is 6.42 Å². The van der Waals surface area contributed by atoms with E-state index in [2.05, 4.69) is 0 Å². The van der Waals surface area contributed by atoms with Crippen LogP contribution in [-0.4, -0.2) is 17.7 Å². The fraction of sp³-hybridized carbons (Fsp3) is 0.353. The summed E-state index contributed by atoms with van der Waals surface area (Å²) in [6, 6.07) is 13.2. The number of esters is 1.